The Kier molecular flexibility index (Phi) is 5.62. The molecular formula is C11H19F2N3O6. The minimum absolute atomic E-state index is 0.606. The minimum Gasteiger partial charge on any atom is -0.477 e. The van der Waals surface area contributed by atoms with Gasteiger partial charge in [-0.05, 0) is 0 Å². The summed E-state index contributed by atoms with van der Waals surface area (Å²) in [6.45, 7) is 0.384. The standard InChI is InChI=1S/C11H19F2N3O6/c1-3-5(16-10(14)15)8(12)11(13,9(20)21)22-7(3)6(19)4(18)2-17/h3-8,17-19H,2H2,1H3,(H,20,21)(H4,14,15,16)/t3?,4-,5?,6-,7?,8?,11?/m1/s1. The molecule has 1 heterocycles. The molecule has 0 aliphatic carbocycles. The normalized spacial score (nSPS) is 38.1. The average molecular weight is 327 g/mol. The van der Waals surface area contributed by atoms with Crippen LogP contribution in [0.1, 0.15) is 6.92 Å². The lowest BCUT2D eigenvalue weighted by Crippen LogP contribution is -2.64. The Morgan fingerprint density at radius 1 is 1.45 bits per heavy atom. The highest BCUT2D eigenvalue weighted by atomic mass is 19.2. The number of aliphatic carboxylic acids is 1. The molecule has 7 atom stereocenters. The molecule has 1 fully saturated rings. The highest BCUT2D eigenvalue weighted by Gasteiger charge is 2.61. The van der Waals surface area contributed by atoms with Crippen molar-refractivity contribution < 1.29 is 38.7 Å². The summed E-state index contributed by atoms with van der Waals surface area (Å²) in [4.78, 5) is 14.4. The molecular weight excluding hydrogens is 308 g/mol. The number of carboxylic acids is 1. The second kappa shape index (κ2) is 6.69. The largest absolute Gasteiger partial charge is 0.477 e. The molecule has 0 saturated carbocycles. The van der Waals surface area contributed by atoms with E-state index >= 15 is 0 Å². The van der Waals surface area contributed by atoms with Crippen LogP contribution in [0.5, 0.6) is 0 Å². The summed E-state index contributed by atoms with van der Waals surface area (Å²) >= 11 is 0. The van der Waals surface area contributed by atoms with Crippen LogP contribution in [0.15, 0.2) is 4.99 Å². The molecule has 9 nitrogen and oxygen atoms in total. The molecule has 0 amide bonds. The van der Waals surface area contributed by atoms with Gasteiger partial charge in [0.15, 0.2) is 12.1 Å². The van der Waals surface area contributed by atoms with Gasteiger partial charge >= 0.3 is 11.8 Å². The molecule has 1 aliphatic heterocycles. The quantitative estimate of drug-likeness (QED) is 0.237. The van der Waals surface area contributed by atoms with E-state index in [2.05, 4.69) is 9.73 Å². The minimum atomic E-state index is -3.81. The lowest BCUT2D eigenvalue weighted by atomic mass is 9.82. The summed E-state index contributed by atoms with van der Waals surface area (Å²) in [6, 6.07) is -1.66. The van der Waals surface area contributed by atoms with Crippen LogP contribution in [0.25, 0.3) is 0 Å². The third-order valence-electron chi connectivity index (χ3n) is 3.53. The molecule has 1 aliphatic rings. The molecule has 0 bridgehead atoms. The lowest BCUT2D eigenvalue weighted by Gasteiger charge is -2.44. The first kappa shape index (κ1) is 18.5. The van der Waals surface area contributed by atoms with Crippen LogP contribution < -0.4 is 11.5 Å². The lowest BCUT2D eigenvalue weighted by molar-refractivity contribution is -0.282. The van der Waals surface area contributed by atoms with Gasteiger partial charge in [-0.25, -0.2) is 14.2 Å². The maximum absolute atomic E-state index is 14.3. The molecule has 0 aromatic carbocycles. The highest BCUT2D eigenvalue weighted by Crippen LogP contribution is 2.39. The summed E-state index contributed by atoms with van der Waals surface area (Å²) in [5.41, 5.74) is 10.2. The first-order chi connectivity index (χ1) is 10.1. The number of aliphatic hydroxyl groups is 3. The van der Waals surface area contributed by atoms with E-state index in [-0.39, 0.29) is 0 Å². The monoisotopic (exact) mass is 327 g/mol. The van der Waals surface area contributed by atoms with E-state index in [1.807, 2.05) is 0 Å². The second-order valence-corrected chi connectivity index (χ2v) is 5.08. The summed E-state index contributed by atoms with van der Waals surface area (Å²) in [6.07, 6.45) is -8.03. The van der Waals surface area contributed by atoms with E-state index in [1.54, 1.807) is 0 Å². The van der Waals surface area contributed by atoms with Crippen LogP contribution in [-0.2, 0) is 9.53 Å². The predicted octanol–water partition coefficient (Wildman–Crippen LogP) is -2.53. The molecule has 22 heavy (non-hydrogen) atoms. The maximum atomic E-state index is 14.3. The van der Waals surface area contributed by atoms with Crippen molar-refractivity contribution in [2.45, 2.75) is 43.3 Å². The molecule has 5 unspecified atom stereocenters. The molecule has 0 radical (unpaired) electrons. The average Bonchev–Trinajstić information content (AvgIpc) is 2.45. The number of hydrogen-bond donors (Lipinski definition) is 6. The molecule has 0 aromatic heterocycles. The number of ether oxygens (including phenoxy) is 1. The van der Waals surface area contributed by atoms with Gasteiger partial charge in [0.25, 0.3) is 0 Å². The number of nitrogens with two attached hydrogens (primary N) is 2. The summed E-state index contributed by atoms with van der Waals surface area (Å²) in [5.74, 6) is -7.77. The van der Waals surface area contributed by atoms with Gasteiger partial charge in [0.1, 0.15) is 12.2 Å². The fourth-order valence-corrected chi connectivity index (χ4v) is 2.28. The van der Waals surface area contributed by atoms with Crippen LogP contribution in [0.4, 0.5) is 8.78 Å². The van der Waals surface area contributed by atoms with Crippen molar-refractivity contribution in [2.24, 2.45) is 22.4 Å². The van der Waals surface area contributed by atoms with Gasteiger partial charge in [0, 0.05) is 5.92 Å². The van der Waals surface area contributed by atoms with Gasteiger partial charge in [0.05, 0.1) is 18.8 Å². The molecule has 8 N–H and O–H groups in total. The van der Waals surface area contributed by atoms with Crippen molar-refractivity contribution >= 4 is 11.9 Å². The number of guanidine groups is 1. The van der Waals surface area contributed by atoms with Crippen molar-refractivity contribution in [3.8, 4) is 0 Å². The van der Waals surface area contributed by atoms with E-state index in [1.165, 1.54) is 6.92 Å². The number of hydrogen-bond acceptors (Lipinski definition) is 6. The van der Waals surface area contributed by atoms with Crippen molar-refractivity contribution in [3.63, 3.8) is 0 Å². The van der Waals surface area contributed by atoms with E-state index in [0.29, 0.717) is 0 Å². The van der Waals surface area contributed by atoms with Gasteiger partial charge in [-0.3, -0.25) is 0 Å². The number of aliphatic imine (C=N–C) groups is 1. The van der Waals surface area contributed by atoms with Gasteiger partial charge in [-0.2, -0.15) is 4.39 Å². The fraction of sp³-hybridized carbons (Fsp3) is 0.818. The summed E-state index contributed by atoms with van der Waals surface area (Å²) in [7, 11) is 0. The Balaban J connectivity index is 3.25. The maximum Gasteiger partial charge on any atom is 0.372 e. The number of aliphatic hydroxyl groups excluding tert-OH is 3. The topological polar surface area (TPSA) is 172 Å². The SMILES string of the molecule is CC1C(N=C(N)N)C(F)C(F)(C(=O)O)OC1[C@H](O)[C@H](O)CO. The summed E-state index contributed by atoms with van der Waals surface area (Å²) in [5, 5.41) is 36.9. The molecule has 0 aromatic rings. The first-order valence-electron chi connectivity index (χ1n) is 6.36. The number of carboxylic acid groups (broad SMARTS) is 1. The third kappa shape index (κ3) is 3.27. The van der Waals surface area contributed by atoms with Crippen molar-refractivity contribution in [2.75, 3.05) is 6.61 Å². The number of rotatable bonds is 5. The van der Waals surface area contributed by atoms with Crippen LogP contribution in [0.2, 0.25) is 0 Å². The zero-order chi connectivity index (χ0) is 17.2. The van der Waals surface area contributed by atoms with Gasteiger partial charge < -0.3 is 36.6 Å². The number of carbonyl (C=O) groups is 1. The van der Waals surface area contributed by atoms with Gasteiger partial charge in [-0.15, -0.1) is 0 Å². The highest BCUT2D eigenvalue weighted by molar-refractivity contribution is 5.78. The Labute approximate surface area is 124 Å². The number of nitrogens with zero attached hydrogens (tertiary/aromatic N) is 1. The first-order valence-corrected chi connectivity index (χ1v) is 6.36. The zero-order valence-corrected chi connectivity index (χ0v) is 11.6. The van der Waals surface area contributed by atoms with Crippen LogP contribution in [0.3, 0.4) is 0 Å². The van der Waals surface area contributed by atoms with Crippen molar-refractivity contribution in [3.05, 3.63) is 0 Å². The van der Waals surface area contributed by atoms with E-state index in [0.717, 1.165) is 0 Å². The Bertz CT molecular complexity index is 450. The molecule has 11 heteroatoms. The number of alkyl halides is 2. The van der Waals surface area contributed by atoms with Gasteiger partial charge in [0.2, 0.25) is 0 Å². The Morgan fingerprint density at radius 3 is 2.41 bits per heavy atom. The molecule has 128 valence electrons. The second-order valence-electron chi connectivity index (χ2n) is 5.08. The Morgan fingerprint density at radius 2 is 2.00 bits per heavy atom. The van der Waals surface area contributed by atoms with Crippen molar-refractivity contribution in [1.82, 2.24) is 0 Å². The van der Waals surface area contributed by atoms with E-state index < -0.39 is 60.8 Å². The predicted molar refractivity (Wildman–Crippen MR) is 69.1 cm³/mol. The Hall–Kier alpha value is -1.56. The van der Waals surface area contributed by atoms with Crippen LogP contribution >= 0.6 is 0 Å². The van der Waals surface area contributed by atoms with Crippen LogP contribution in [0, 0.1) is 5.92 Å². The zero-order valence-electron chi connectivity index (χ0n) is 11.6. The van der Waals surface area contributed by atoms with E-state index in [9.17, 15) is 23.8 Å². The van der Waals surface area contributed by atoms with Gasteiger partial charge in [-0.1, -0.05) is 6.92 Å². The molecule has 1 saturated heterocycles. The fourth-order valence-electron chi connectivity index (χ4n) is 2.28. The third-order valence-corrected chi connectivity index (χ3v) is 3.53. The molecule has 0 spiro atoms. The smallest absolute Gasteiger partial charge is 0.372 e. The van der Waals surface area contributed by atoms with E-state index in [4.69, 9.17) is 21.7 Å². The number of halogens is 2. The van der Waals surface area contributed by atoms with Crippen molar-refractivity contribution in [1.29, 1.82) is 0 Å². The van der Waals surface area contributed by atoms with Crippen LogP contribution in [-0.4, -0.2) is 75.3 Å². The molecule has 1 rings (SSSR count). The summed E-state index contributed by atoms with van der Waals surface area (Å²) < 4.78 is 33.1.